The molecule has 0 saturated carbocycles. The third-order valence-electron chi connectivity index (χ3n) is 3.59. The molecule has 0 fully saturated rings. The molecule has 1 aromatic carbocycles. The van der Waals surface area contributed by atoms with Gasteiger partial charge in [0.25, 0.3) is 5.91 Å². The number of carbonyl (C=O) groups excluding carboxylic acids is 2. The molecule has 24 heavy (non-hydrogen) atoms. The molecule has 0 aliphatic rings. The van der Waals surface area contributed by atoms with Crippen molar-refractivity contribution in [2.45, 2.75) is 26.8 Å². The minimum absolute atomic E-state index is 0.202. The first kappa shape index (κ1) is 19.8. The minimum Gasteiger partial charge on any atom is -0.493 e. The summed E-state index contributed by atoms with van der Waals surface area (Å²) in [6.45, 7) is 5.32. The lowest BCUT2D eigenvalue weighted by atomic mass is 10.1. The van der Waals surface area contributed by atoms with E-state index in [9.17, 15) is 9.59 Å². The highest BCUT2D eigenvalue weighted by atomic mass is 16.5. The Kier molecular flexibility index (Phi) is 8.05. The Hall–Kier alpha value is -2.28. The van der Waals surface area contributed by atoms with E-state index in [0.717, 1.165) is 22.4 Å². The average Bonchev–Trinajstić information content (AvgIpc) is 2.53. The normalized spacial score (nSPS) is 11.5. The molecule has 0 aliphatic heterocycles. The zero-order valence-corrected chi connectivity index (χ0v) is 15.1. The van der Waals surface area contributed by atoms with Crippen molar-refractivity contribution in [1.82, 2.24) is 10.6 Å². The van der Waals surface area contributed by atoms with Crippen molar-refractivity contribution in [2.24, 2.45) is 0 Å². The molecule has 7 nitrogen and oxygen atoms in total. The molecule has 0 saturated heterocycles. The summed E-state index contributed by atoms with van der Waals surface area (Å²) in [5, 5.41) is 4.94. The lowest BCUT2D eigenvalue weighted by Gasteiger charge is -2.17. The van der Waals surface area contributed by atoms with Gasteiger partial charge < -0.3 is 19.7 Å². The molecule has 0 bridgehead atoms. The zero-order chi connectivity index (χ0) is 18.1. The van der Waals surface area contributed by atoms with Crippen molar-refractivity contribution in [3.63, 3.8) is 0 Å². The largest absolute Gasteiger partial charge is 0.493 e. The summed E-state index contributed by atoms with van der Waals surface area (Å²) >= 11 is 0. The zero-order valence-electron chi connectivity index (χ0n) is 15.1. The monoisotopic (exact) mass is 338 g/mol. The van der Waals surface area contributed by atoms with Gasteiger partial charge in [-0.2, -0.15) is 0 Å². The van der Waals surface area contributed by atoms with E-state index < -0.39 is 6.03 Å². The molecule has 0 radical (unpaired) electrons. The Morgan fingerprint density at radius 3 is 2.38 bits per heavy atom. The molecule has 0 aliphatic carbocycles. The van der Waals surface area contributed by atoms with Crippen molar-refractivity contribution in [2.75, 3.05) is 34.4 Å². The number of methoxy groups -OCH3 is 2. The Morgan fingerprint density at radius 1 is 1.17 bits per heavy atom. The van der Waals surface area contributed by atoms with Crippen LogP contribution in [0.5, 0.6) is 11.5 Å². The predicted octanol–water partition coefficient (Wildman–Crippen LogP) is 0.263. The van der Waals surface area contributed by atoms with E-state index in [1.54, 1.807) is 14.2 Å². The van der Waals surface area contributed by atoms with Gasteiger partial charge in [0.1, 0.15) is 6.54 Å². The van der Waals surface area contributed by atoms with Crippen LogP contribution < -0.4 is 25.0 Å². The maximum atomic E-state index is 11.9. The summed E-state index contributed by atoms with van der Waals surface area (Å²) in [6, 6.07) is 3.39. The minimum atomic E-state index is -0.447. The summed E-state index contributed by atoms with van der Waals surface area (Å²) < 4.78 is 10.6. The van der Waals surface area contributed by atoms with Crippen molar-refractivity contribution >= 4 is 11.9 Å². The molecule has 134 valence electrons. The van der Waals surface area contributed by atoms with Crippen LogP contribution in [0.15, 0.2) is 12.1 Å². The number of hydrogen-bond acceptors (Lipinski definition) is 4. The number of benzene rings is 1. The van der Waals surface area contributed by atoms with E-state index in [1.165, 1.54) is 0 Å². The summed E-state index contributed by atoms with van der Waals surface area (Å²) in [4.78, 5) is 24.3. The predicted molar refractivity (Wildman–Crippen MR) is 91.6 cm³/mol. The van der Waals surface area contributed by atoms with Crippen molar-refractivity contribution in [1.29, 1.82) is 0 Å². The fourth-order valence-electron chi connectivity index (χ4n) is 2.33. The molecule has 0 aromatic heterocycles. The molecule has 1 atom stereocenters. The summed E-state index contributed by atoms with van der Waals surface area (Å²) in [5.74, 6) is 1.04. The topological polar surface area (TPSA) is 81.1 Å². The maximum Gasteiger partial charge on any atom is 0.321 e. The number of aryl methyl sites for hydroxylation is 1. The summed E-state index contributed by atoms with van der Waals surface area (Å²) in [7, 11) is 5.10. The Balaban J connectivity index is 2.63. The van der Waals surface area contributed by atoms with Crippen LogP contribution in [0.4, 0.5) is 4.79 Å². The molecule has 7 heteroatoms. The first-order valence-corrected chi connectivity index (χ1v) is 8.01. The van der Waals surface area contributed by atoms with Crippen LogP contribution in [-0.4, -0.2) is 46.3 Å². The second-order valence-electron chi connectivity index (χ2n) is 5.75. The lowest BCUT2D eigenvalue weighted by Crippen LogP contribution is -3.09. The lowest BCUT2D eigenvalue weighted by molar-refractivity contribution is -0.885. The van der Waals surface area contributed by atoms with Gasteiger partial charge in [-0.15, -0.1) is 0 Å². The highest BCUT2D eigenvalue weighted by Crippen LogP contribution is 2.29. The van der Waals surface area contributed by atoms with Gasteiger partial charge in [0.2, 0.25) is 0 Å². The number of imide groups is 1. The molecular weight excluding hydrogens is 310 g/mol. The van der Waals surface area contributed by atoms with Crippen molar-refractivity contribution in [3.8, 4) is 11.5 Å². The van der Waals surface area contributed by atoms with Crippen LogP contribution in [-0.2, 0) is 11.3 Å². The number of likely N-dealkylation sites (N-methyl/N-ethyl adjacent to an activating group) is 1. The number of urea groups is 1. The Labute approximate surface area is 143 Å². The fourth-order valence-corrected chi connectivity index (χ4v) is 2.33. The third-order valence-corrected chi connectivity index (χ3v) is 3.59. The number of carbonyl (C=O) groups is 2. The second-order valence-corrected chi connectivity index (χ2v) is 5.75. The van der Waals surface area contributed by atoms with Crippen LogP contribution in [0.1, 0.15) is 24.5 Å². The number of quaternary nitrogens is 1. The highest BCUT2D eigenvalue weighted by Gasteiger charge is 2.16. The van der Waals surface area contributed by atoms with Gasteiger partial charge in [-0.25, -0.2) is 4.79 Å². The smallest absolute Gasteiger partial charge is 0.321 e. The summed E-state index contributed by atoms with van der Waals surface area (Å²) in [5.41, 5.74) is 2.13. The van der Waals surface area contributed by atoms with E-state index in [2.05, 4.69) is 10.6 Å². The molecule has 3 N–H and O–H groups in total. The van der Waals surface area contributed by atoms with E-state index in [1.807, 2.05) is 33.0 Å². The van der Waals surface area contributed by atoms with E-state index in [-0.39, 0.29) is 12.5 Å². The highest BCUT2D eigenvalue weighted by molar-refractivity contribution is 5.94. The van der Waals surface area contributed by atoms with Crippen molar-refractivity contribution in [3.05, 3.63) is 23.3 Å². The number of ether oxygens (including phenoxy) is 2. The van der Waals surface area contributed by atoms with Crippen LogP contribution in [0.2, 0.25) is 0 Å². The van der Waals surface area contributed by atoms with Gasteiger partial charge in [-0.05, 0) is 31.0 Å². The van der Waals surface area contributed by atoms with Gasteiger partial charge >= 0.3 is 6.03 Å². The molecular formula is C17H28N3O4+. The van der Waals surface area contributed by atoms with Crippen LogP contribution in [0, 0.1) is 6.92 Å². The number of nitrogens with one attached hydrogen (secondary N) is 3. The fraction of sp³-hybridized carbons (Fsp3) is 0.529. The molecule has 0 spiro atoms. The van der Waals surface area contributed by atoms with E-state index >= 15 is 0 Å². The number of hydrogen-bond donors (Lipinski definition) is 3. The van der Waals surface area contributed by atoms with Gasteiger partial charge in [-0.3, -0.25) is 10.1 Å². The average molecular weight is 338 g/mol. The standard InChI is InChI=1S/C17H27N3O4/c1-6-7-18-17(22)19-16(21)11-20(3)10-13-9-15(24-5)14(23-4)8-12(13)2/h8-9H,6-7,10-11H2,1-5H3,(H2,18,19,21,22)/p+1. The number of amides is 3. The van der Waals surface area contributed by atoms with Gasteiger partial charge in [0.15, 0.2) is 18.0 Å². The van der Waals surface area contributed by atoms with E-state index in [0.29, 0.717) is 24.6 Å². The van der Waals surface area contributed by atoms with Gasteiger partial charge in [0, 0.05) is 12.1 Å². The van der Waals surface area contributed by atoms with Gasteiger partial charge in [0.05, 0.1) is 21.3 Å². The van der Waals surface area contributed by atoms with Crippen molar-refractivity contribution < 1.29 is 24.0 Å². The Morgan fingerprint density at radius 2 is 1.79 bits per heavy atom. The molecule has 1 unspecified atom stereocenters. The molecule has 3 amide bonds. The molecule has 0 heterocycles. The van der Waals surface area contributed by atoms with Gasteiger partial charge in [-0.1, -0.05) is 6.92 Å². The van der Waals surface area contributed by atoms with Crippen LogP contribution in [0.25, 0.3) is 0 Å². The van der Waals surface area contributed by atoms with E-state index in [4.69, 9.17) is 9.47 Å². The first-order valence-electron chi connectivity index (χ1n) is 8.01. The first-order chi connectivity index (χ1) is 11.4. The maximum absolute atomic E-state index is 11.9. The molecule has 1 aromatic rings. The molecule has 1 rings (SSSR count). The second kappa shape index (κ2) is 9.77. The number of rotatable bonds is 8. The third kappa shape index (κ3) is 6.08. The van der Waals surface area contributed by atoms with Crippen LogP contribution in [0.3, 0.4) is 0 Å². The SMILES string of the molecule is CCCNC(=O)NC(=O)C[NH+](C)Cc1cc(OC)c(OC)cc1C. The quantitative estimate of drug-likeness (QED) is 0.635. The summed E-state index contributed by atoms with van der Waals surface area (Å²) in [6.07, 6.45) is 0.825. The Bertz CT molecular complexity index is 575. The van der Waals surface area contributed by atoms with Crippen LogP contribution >= 0.6 is 0 Å².